The molecule has 40 heavy (non-hydrogen) atoms. The monoisotopic (exact) mass is 560 g/mol. The van der Waals surface area contributed by atoms with E-state index in [4.69, 9.17) is 23.9 Å². The molecule has 3 aromatic carbocycles. The molecule has 10 heteroatoms. The fraction of sp³-hybridized carbons (Fsp3) is 0.233. The smallest absolute Gasteiger partial charge is 0.301 e. The maximum Gasteiger partial charge on any atom is 0.301 e. The summed E-state index contributed by atoms with van der Waals surface area (Å²) in [5.41, 5.74) is 3.49. The molecule has 0 saturated carbocycles. The van der Waals surface area contributed by atoms with E-state index in [0.29, 0.717) is 39.3 Å². The summed E-state index contributed by atoms with van der Waals surface area (Å²) in [6.45, 7) is 3.94. The van der Waals surface area contributed by atoms with Crippen LogP contribution in [0.1, 0.15) is 28.3 Å². The Morgan fingerprint density at radius 2 is 1.55 bits per heavy atom. The number of aromatic nitrogens is 1. The van der Waals surface area contributed by atoms with Crippen molar-refractivity contribution in [1.82, 2.24) is 4.98 Å². The number of ketones is 1. The van der Waals surface area contributed by atoms with Crippen molar-refractivity contribution < 1.29 is 33.6 Å². The van der Waals surface area contributed by atoms with E-state index in [2.05, 4.69) is 0 Å². The third-order valence-electron chi connectivity index (χ3n) is 6.84. The lowest BCUT2D eigenvalue weighted by atomic mass is 9.94. The molecule has 206 valence electrons. The second-order valence-corrected chi connectivity index (χ2v) is 10.3. The number of carbonyl (C=O) groups excluding carboxylic acids is 2. The minimum atomic E-state index is -1.03. The molecule has 1 fully saturated rings. The van der Waals surface area contributed by atoms with Crippen molar-refractivity contribution in [2.24, 2.45) is 0 Å². The molecule has 0 bridgehead atoms. The Bertz CT molecular complexity index is 1650. The van der Waals surface area contributed by atoms with Gasteiger partial charge < -0.3 is 24.1 Å². The molecule has 1 atom stereocenters. The van der Waals surface area contributed by atoms with Crippen molar-refractivity contribution >= 4 is 44.1 Å². The average Bonchev–Trinajstić information content (AvgIpc) is 3.50. The number of nitrogens with zero attached hydrogens (tertiary/aromatic N) is 2. The molecule has 0 radical (unpaired) electrons. The zero-order valence-corrected chi connectivity index (χ0v) is 23.7. The van der Waals surface area contributed by atoms with Gasteiger partial charge in [-0.05, 0) is 73.0 Å². The summed E-state index contributed by atoms with van der Waals surface area (Å²) in [4.78, 5) is 33.4. The maximum atomic E-state index is 13.7. The van der Waals surface area contributed by atoms with Crippen LogP contribution in [0, 0.1) is 13.8 Å². The number of carbonyl (C=O) groups is 2. The Kier molecular flexibility index (Phi) is 7.12. The lowest BCUT2D eigenvalue weighted by Gasteiger charge is -2.24. The van der Waals surface area contributed by atoms with E-state index in [9.17, 15) is 14.7 Å². The van der Waals surface area contributed by atoms with Gasteiger partial charge >= 0.3 is 5.91 Å². The number of rotatable bonds is 7. The fourth-order valence-electron chi connectivity index (χ4n) is 4.97. The van der Waals surface area contributed by atoms with Gasteiger partial charge in [-0.25, -0.2) is 4.98 Å². The first-order valence-electron chi connectivity index (χ1n) is 12.4. The average molecular weight is 561 g/mol. The Morgan fingerprint density at radius 3 is 2.12 bits per heavy atom. The second kappa shape index (κ2) is 10.5. The van der Waals surface area contributed by atoms with Crippen molar-refractivity contribution in [3.63, 3.8) is 0 Å². The molecule has 0 unspecified atom stereocenters. The van der Waals surface area contributed by atoms with Crippen LogP contribution < -0.4 is 23.8 Å². The van der Waals surface area contributed by atoms with E-state index in [1.54, 1.807) is 36.4 Å². The van der Waals surface area contributed by atoms with Gasteiger partial charge in [0.2, 0.25) is 5.75 Å². The highest BCUT2D eigenvalue weighted by Gasteiger charge is 2.48. The quantitative estimate of drug-likeness (QED) is 0.178. The van der Waals surface area contributed by atoms with Gasteiger partial charge in [-0.1, -0.05) is 17.4 Å². The third-order valence-corrected chi connectivity index (χ3v) is 7.84. The van der Waals surface area contributed by atoms with E-state index in [1.807, 2.05) is 26.0 Å². The fourth-order valence-corrected chi connectivity index (χ4v) is 6.14. The minimum absolute atomic E-state index is 0.0865. The van der Waals surface area contributed by atoms with Gasteiger partial charge in [0, 0.05) is 5.56 Å². The largest absolute Gasteiger partial charge is 0.507 e. The molecular weight excluding hydrogens is 532 g/mol. The van der Waals surface area contributed by atoms with Crippen LogP contribution in [0.25, 0.3) is 16.0 Å². The number of hydrogen-bond donors (Lipinski definition) is 1. The number of anilines is 1. The van der Waals surface area contributed by atoms with Gasteiger partial charge in [0.15, 0.2) is 16.6 Å². The molecule has 4 aromatic rings. The molecule has 1 amide bonds. The zero-order valence-electron chi connectivity index (χ0n) is 22.9. The first-order valence-corrected chi connectivity index (χ1v) is 13.2. The lowest BCUT2D eigenvalue weighted by molar-refractivity contribution is -0.132. The van der Waals surface area contributed by atoms with Crippen molar-refractivity contribution in [3.05, 3.63) is 76.4 Å². The van der Waals surface area contributed by atoms with Crippen LogP contribution in [0.4, 0.5) is 5.13 Å². The summed E-state index contributed by atoms with van der Waals surface area (Å²) >= 11 is 1.30. The topological polar surface area (TPSA) is 107 Å². The number of aryl methyl sites for hydroxylation is 2. The normalized spacial score (nSPS) is 16.4. The van der Waals surface area contributed by atoms with Gasteiger partial charge in [-0.15, -0.1) is 0 Å². The van der Waals surface area contributed by atoms with Crippen molar-refractivity contribution in [2.45, 2.75) is 19.9 Å². The van der Waals surface area contributed by atoms with Crippen molar-refractivity contribution in [2.75, 3.05) is 33.3 Å². The van der Waals surface area contributed by atoms with E-state index in [1.165, 1.54) is 44.7 Å². The molecule has 0 aliphatic carbocycles. The van der Waals surface area contributed by atoms with Crippen molar-refractivity contribution in [1.29, 1.82) is 0 Å². The summed E-state index contributed by atoms with van der Waals surface area (Å²) < 4.78 is 22.7. The highest BCUT2D eigenvalue weighted by atomic mass is 32.1. The van der Waals surface area contributed by atoms with Gasteiger partial charge in [0.1, 0.15) is 11.5 Å². The second-order valence-electron chi connectivity index (χ2n) is 9.28. The number of methoxy groups -OCH3 is 4. The van der Waals surface area contributed by atoms with E-state index >= 15 is 0 Å². The van der Waals surface area contributed by atoms with Crippen LogP contribution in [0.15, 0.2) is 54.1 Å². The molecule has 1 aliphatic rings. The summed E-state index contributed by atoms with van der Waals surface area (Å²) in [6.07, 6.45) is 0. The Labute approximate surface area is 235 Å². The van der Waals surface area contributed by atoms with Crippen LogP contribution >= 0.6 is 11.3 Å². The summed E-state index contributed by atoms with van der Waals surface area (Å²) in [5.74, 6) is -0.354. The molecule has 2 heterocycles. The summed E-state index contributed by atoms with van der Waals surface area (Å²) in [6, 6.07) is 12.9. The van der Waals surface area contributed by atoms with Gasteiger partial charge in [0.05, 0.1) is 50.3 Å². The molecular formula is C30H28N2O7S. The standard InChI is InChI=1S/C30H28N2O7S/c1-15-11-16(2)24-22(12-15)40-30(31-24)32-25(18-13-20(37-4)28(39-6)21(14-18)38-5)23(27(34)29(32)35)26(33)17-7-9-19(36-3)10-8-17/h7-14,25,33H,1-6H3/t25-/m1/s1. The number of aliphatic hydroxyl groups excluding tert-OH is 1. The van der Waals surface area contributed by atoms with E-state index in [-0.39, 0.29) is 11.3 Å². The third kappa shape index (κ3) is 4.40. The molecule has 1 N–H and O–H groups in total. The number of hydrogen-bond acceptors (Lipinski definition) is 9. The van der Waals surface area contributed by atoms with Crippen LogP contribution in [0.3, 0.4) is 0 Å². The van der Waals surface area contributed by atoms with Crippen LogP contribution in [0.2, 0.25) is 0 Å². The number of ether oxygens (including phenoxy) is 4. The number of Topliss-reactive ketones (excluding diaryl/α,β-unsaturated/α-hetero) is 1. The molecule has 0 spiro atoms. The van der Waals surface area contributed by atoms with Crippen molar-refractivity contribution in [3.8, 4) is 23.0 Å². The van der Waals surface area contributed by atoms with E-state index < -0.39 is 17.7 Å². The zero-order chi connectivity index (χ0) is 28.7. The molecule has 5 rings (SSSR count). The Morgan fingerprint density at radius 1 is 0.900 bits per heavy atom. The van der Waals surface area contributed by atoms with Crippen LogP contribution in [-0.2, 0) is 9.59 Å². The Hall–Kier alpha value is -4.57. The van der Waals surface area contributed by atoms with Gasteiger partial charge in [-0.3, -0.25) is 14.5 Å². The predicted molar refractivity (Wildman–Crippen MR) is 153 cm³/mol. The number of amides is 1. The molecule has 1 aliphatic heterocycles. The first kappa shape index (κ1) is 27.0. The summed E-state index contributed by atoms with van der Waals surface area (Å²) in [5, 5.41) is 11.8. The number of thiazole rings is 1. The minimum Gasteiger partial charge on any atom is -0.507 e. The van der Waals surface area contributed by atoms with Gasteiger partial charge in [-0.2, -0.15) is 0 Å². The SMILES string of the molecule is COc1ccc(C(O)=C2C(=O)C(=O)N(c3nc4c(C)cc(C)cc4s3)[C@@H]2c2cc(OC)c(OC)c(OC)c2)cc1. The van der Waals surface area contributed by atoms with Crippen LogP contribution in [-0.4, -0.2) is 50.2 Å². The first-order chi connectivity index (χ1) is 19.2. The highest BCUT2D eigenvalue weighted by molar-refractivity contribution is 7.22. The lowest BCUT2D eigenvalue weighted by Crippen LogP contribution is -2.29. The van der Waals surface area contributed by atoms with E-state index in [0.717, 1.165) is 21.3 Å². The summed E-state index contributed by atoms with van der Waals surface area (Å²) in [7, 11) is 5.98. The number of fused-ring (bicyclic) bond motifs is 1. The molecule has 1 saturated heterocycles. The Balaban J connectivity index is 1.78. The molecule has 1 aromatic heterocycles. The molecule has 9 nitrogen and oxygen atoms in total. The number of aliphatic hydroxyl groups is 1. The van der Waals surface area contributed by atoms with Gasteiger partial charge in [0.25, 0.3) is 5.78 Å². The van der Waals surface area contributed by atoms with Crippen LogP contribution in [0.5, 0.6) is 23.0 Å². The maximum absolute atomic E-state index is 13.7. The highest BCUT2D eigenvalue weighted by Crippen LogP contribution is 2.48. The predicted octanol–water partition coefficient (Wildman–Crippen LogP) is 5.57. The number of benzene rings is 3.